The molecule has 11 heteroatoms. The summed E-state index contributed by atoms with van der Waals surface area (Å²) in [5.74, 6) is 0.234. The van der Waals surface area contributed by atoms with Gasteiger partial charge in [-0.2, -0.15) is 5.10 Å². The first kappa shape index (κ1) is 36.5. The van der Waals surface area contributed by atoms with E-state index < -0.39 is 12.3 Å². The predicted molar refractivity (Wildman–Crippen MR) is 198 cm³/mol. The van der Waals surface area contributed by atoms with Gasteiger partial charge in [0.25, 0.3) is 5.91 Å². The standard InChI is InChI=1S/C39H50FN7O3/c1-27-9-12-31(13-10-27)17-24-49-23-7-6-20-46-21-15-32(16-22-46)47-26-34(37(44-47)33-25-28(2)11-14-35(33)50-30(4)40)43-39(48)36(29(3)41)38-42-18-8-19-45(38)5/h8-14,18-19,25-26,30,32H,3,6-7,15-17,20-24,41H2,1-2,4-5H3,(H,43,48)/b38-36+. The molecule has 266 valence electrons. The van der Waals surface area contributed by atoms with Crippen molar-refractivity contribution < 1.29 is 18.7 Å². The number of halogens is 1. The number of aryl methyl sites for hydroxylation is 2. The van der Waals surface area contributed by atoms with Crippen molar-refractivity contribution >= 4 is 17.8 Å². The van der Waals surface area contributed by atoms with E-state index in [4.69, 9.17) is 20.3 Å². The van der Waals surface area contributed by atoms with E-state index >= 15 is 0 Å². The van der Waals surface area contributed by atoms with Crippen LogP contribution in [0.1, 0.15) is 55.3 Å². The molecule has 10 nitrogen and oxygen atoms in total. The molecule has 0 saturated carbocycles. The van der Waals surface area contributed by atoms with E-state index in [1.807, 2.05) is 29.9 Å². The lowest BCUT2D eigenvalue weighted by Crippen LogP contribution is -2.35. The number of alkyl halides is 1. The van der Waals surface area contributed by atoms with Crippen LogP contribution in [0, 0.1) is 13.8 Å². The largest absolute Gasteiger partial charge is 0.460 e. The molecule has 3 aromatic rings. The molecule has 0 spiro atoms. The van der Waals surface area contributed by atoms with E-state index in [2.05, 4.69) is 53.0 Å². The van der Waals surface area contributed by atoms with Crippen LogP contribution in [-0.2, 0) is 16.0 Å². The van der Waals surface area contributed by atoms with Gasteiger partial charge in [0.1, 0.15) is 22.8 Å². The van der Waals surface area contributed by atoms with Crippen LogP contribution in [-0.4, -0.2) is 78.0 Å². The third kappa shape index (κ3) is 9.70. The molecule has 3 N–H and O–H groups in total. The van der Waals surface area contributed by atoms with Crippen LogP contribution in [0.4, 0.5) is 10.1 Å². The number of aliphatic imine (C=N–C) groups is 1. The molecular formula is C39H50FN7O3. The Balaban J connectivity index is 1.25. The van der Waals surface area contributed by atoms with E-state index in [1.54, 1.807) is 36.5 Å². The van der Waals surface area contributed by atoms with Crippen molar-refractivity contribution in [3.05, 3.63) is 101 Å². The van der Waals surface area contributed by atoms with E-state index in [0.29, 0.717) is 28.5 Å². The molecule has 1 amide bonds. The molecule has 2 aliphatic rings. The number of benzene rings is 2. The van der Waals surface area contributed by atoms with Crippen LogP contribution in [0.5, 0.6) is 5.75 Å². The number of unbranched alkanes of at least 4 members (excludes halogenated alkanes) is 1. The van der Waals surface area contributed by atoms with Crippen molar-refractivity contribution in [2.24, 2.45) is 10.7 Å². The van der Waals surface area contributed by atoms with Gasteiger partial charge in [-0.1, -0.05) is 48.0 Å². The minimum Gasteiger partial charge on any atom is -0.460 e. The number of rotatable bonds is 15. The van der Waals surface area contributed by atoms with Crippen LogP contribution < -0.4 is 15.8 Å². The second kappa shape index (κ2) is 17.3. The summed E-state index contributed by atoms with van der Waals surface area (Å²) in [5, 5.41) is 8.02. The van der Waals surface area contributed by atoms with Gasteiger partial charge in [0.15, 0.2) is 0 Å². The molecule has 5 rings (SSSR count). The summed E-state index contributed by atoms with van der Waals surface area (Å²) >= 11 is 0. The number of hydrogen-bond donors (Lipinski definition) is 2. The van der Waals surface area contributed by atoms with Gasteiger partial charge in [0.05, 0.1) is 18.3 Å². The topological polar surface area (TPSA) is 110 Å². The first-order valence-corrected chi connectivity index (χ1v) is 17.4. The molecular weight excluding hydrogens is 633 g/mol. The van der Waals surface area contributed by atoms with Gasteiger partial charge < -0.3 is 30.3 Å². The second-order valence-corrected chi connectivity index (χ2v) is 13.1. The van der Waals surface area contributed by atoms with Crippen molar-refractivity contribution in [3.8, 4) is 17.0 Å². The molecule has 2 aliphatic heterocycles. The van der Waals surface area contributed by atoms with Crippen LogP contribution in [0.2, 0.25) is 0 Å². The number of aromatic nitrogens is 2. The number of nitrogens with one attached hydrogen (secondary N) is 1. The molecule has 1 atom stereocenters. The van der Waals surface area contributed by atoms with Crippen molar-refractivity contribution in [2.75, 3.05) is 45.2 Å². The lowest BCUT2D eigenvalue weighted by Gasteiger charge is -2.32. The van der Waals surface area contributed by atoms with E-state index in [9.17, 15) is 9.18 Å². The summed E-state index contributed by atoms with van der Waals surface area (Å²) in [7, 11) is 1.78. The van der Waals surface area contributed by atoms with Crippen molar-refractivity contribution in [1.82, 2.24) is 19.6 Å². The average molecular weight is 684 g/mol. The number of ether oxygens (including phenoxy) is 2. The lowest BCUT2D eigenvalue weighted by atomic mass is 10.0. The van der Waals surface area contributed by atoms with E-state index in [0.717, 1.165) is 70.5 Å². The number of allylic oxidation sites excluding steroid dienone is 1. The Morgan fingerprint density at radius 1 is 1.10 bits per heavy atom. The molecule has 0 bridgehead atoms. The number of carbonyl (C=O) groups is 1. The fraction of sp³-hybridized carbons (Fsp3) is 0.410. The molecule has 1 aromatic heterocycles. The summed E-state index contributed by atoms with van der Waals surface area (Å²) in [6.07, 6.45) is 10.3. The van der Waals surface area contributed by atoms with Gasteiger partial charge >= 0.3 is 0 Å². The Morgan fingerprint density at radius 2 is 1.84 bits per heavy atom. The minimum atomic E-state index is -1.53. The summed E-state index contributed by atoms with van der Waals surface area (Å²) in [4.78, 5) is 22.4. The second-order valence-electron chi connectivity index (χ2n) is 13.1. The smallest absolute Gasteiger partial charge is 0.261 e. The first-order valence-electron chi connectivity index (χ1n) is 17.4. The number of anilines is 1. The molecule has 0 aliphatic carbocycles. The summed E-state index contributed by atoms with van der Waals surface area (Å²) < 4.78 is 27.5. The van der Waals surface area contributed by atoms with Gasteiger partial charge in [0.2, 0.25) is 6.36 Å². The SMILES string of the molecule is C=C(N)/C(C(=O)Nc1cn(C2CCN(CCCCOCCc3ccc(C)cc3)CC2)nc1-c1cc(C)ccc1OC(C)F)=C1/N=CC=CN1C. The highest BCUT2D eigenvalue weighted by atomic mass is 19.1. The van der Waals surface area contributed by atoms with Crippen LogP contribution in [0.15, 0.2) is 89.6 Å². The molecule has 1 unspecified atom stereocenters. The number of amides is 1. The third-order valence-electron chi connectivity index (χ3n) is 8.96. The number of carbonyl (C=O) groups excluding carboxylic acids is 1. The Morgan fingerprint density at radius 3 is 2.54 bits per heavy atom. The van der Waals surface area contributed by atoms with E-state index in [-0.39, 0.29) is 17.3 Å². The zero-order valence-corrected chi connectivity index (χ0v) is 29.7. The molecule has 1 fully saturated rings. The van der Waals surface area contributed by atoms with Crippen LogP contribution in [0.3, 0.4) is 0 Å². The maximum Gasteiger partial charge on any atom is 0.261 e. The highest BCUT2D eigenvalue weighted by molar-refractivity contribution is 6.09. The van der Waals surface area contributed by atoms with Crippen molar-refractivity contribution in [3.63, 3.8) is 0 Å². The number of piperidine rings is 1. The van der Waals surface area contributed by atoms with Gasteiger partial charge in [-0.25, -0.2) is 9.38 Å². The fourth-order valence-electron chi connectivity index (χ4n) is 6.23. The molecule has 1 saturated heterocycles. The molecule has 50 heavy (non-hydrogen) atoms. The summed E-state index contributed by atoms with van der Waals surface area (Å²) in [6.45, 7) is 13.6. The van der Waals surface area contributed by atoms with Gasteiger partial charge in [-0.05, 0) is 76.3 Å². The average Bonchev–Trinajstić information content (AvgIpc) is 3.50. The zero-order valence-electron chi connectivity index (χ0n) is 29.7. The highest BCUT2D eigenvalue weighted by Gasteiger charge is 2.27. The Kier molecular flexibility index (Phi) is 12.6. The van der Waals surface area contributed by atoms with Crippen molar-refractivity contribution in [1.29, 1.82) is 0 Å². The monoisotopic (exact) mass is 683 g/mol. The number of hydrogen-bond acceptors (Lipinski definition) is 8. The number of likely N-dealkylation sites (tertiary alicyclic amines) is 1. The highest BCUT2D eigenvalue weighted by Crippen LogP contribution is 2.38. The normalized spacial score (nSPS) is 16.8. The summed E-state index contributed by atoms with van der Waals surface area (Å²) in [6, 6.07) is 14.2. The third-order valence-corrected chi connectivity index (χ3v) is 8.96. The van der Waals surface area contributed by atoms with Crippen LogP contribution >= 0.6 is 0 Å². The summed E-state index contributed by atoms with van der Waals surface area (Å²) in [5.41, 5.74) is 11.4. The molecule has 3 heterocycles. The Bertz CT molecular complexity index is 1720. The van der Waals surface area contributed by atoms with Gasteiger partial charge in [-0.3, -0.25) is 9.48 Å². The number of nitrogens with two attached hydrogens (primary N) is 1. The van der Waals surface area contributed by atoms with E-state index in [1.165, 1.54) is 18.1 Å². The van der Waals surface area contributed by atoms with Crippen LogP contribution in [0.25, 0.3) is 11.3 Å². The quantitative estimate of drug-likeness (QED) is 0.136. The maximum absolute atomic E-state index is 14.1. The number of nitrogens with zero attached hydrogens (tertiary/aromatic N) is 5. The predicted octanol–water partition coefficient (Wildman–Crippen LogP) is 6.69. The van der Waals surface area contributed by atoms with Crippen molar-refractivity contribution in [2.45, 2.75) is 65.3 Å². The Labute approximate surface area is 295 Å². The van der Waals surface area contributed by atoms with Gasteiger partial charge in [0, 0.05) is 63.5 Å². The zero-order chi connectivity index (χ0) is 35.6. The Hall–Kier alpha value is -4.74. The molecule has 2 aromatic carbocycles. The van der Waals surface area contributed by atoms with Gasteiger partial charge in [-0.15, -0.1) is 0 Å². The molecule has 0 radical (unpaired) electrons. The maximum atomic E-state index is 14.1. The lowest BCUT2D eigenvalue weighted by molar-refractivity contribution is -0.112. The minimum absolute atomic E-state index is 0.0813. The fourth-order valence-corrected chi connectivity index (χ4v) is 6.23. The first-order chi connectivity index (χ1) is 24.1.